The van der Waals surface area contributed by atoms with E-state index in [1.807, 2.05) is 0 Å². The Bertz CT molecular complexity index is 844. The molecule has 0 unspecified atom stereocenters. The van der Waals surface area contributed by atoms with Gasteiger partial charge >= 0.3 is 0 Å². The lowest BCUT2D eigenvalue weighted by atomic mass is 9.76. The van der Waals surface area contributed by atoms with Gasteiger partial charge in [-0.3, -0.25) is 24.6 Å². The Balaban J connectivity index is 1.86. The number of aliphatic hydroxyl groups is 1. The molecule has 27 heavy (non-hydrogen) atoms. The van der Waals surface area contributed by atoms with Crippen LogP contribution in [0.4, 0.5) is 5.69 Å². The summed E-state index contributed by atoms with van der Waals surface area (Å²) in [5.41, 5.74) is -0.383. The fraction of sp³-hybridized carbons (Fsp3) is 0.500. The van der Waals surface area contributed by atoms with Gasteiger partial charge in [0.05, 0.1) is 31.1 Å². The molecule has 3 aliphatic rings. The molecule has 1 aromatic rings. The Kier molecular flexibility index (Phi) is 4.27. The molecule has 8 nitrogen and oxygen atoms in total. The summed E-state index contributed by atoms with van der Waals surface area (Å²) in [5, 5.41) is 16.6. The number of hydrogen-bond donors (Lipinski definition) is 3. The van der Waals surface area contributed by atoms with E-state index in [0.717, 1.165) is 4.90 Å². The Morgan fingerprint density at radius 2 is 2.07 bits per heavy atom. The number of halogens is 1. The van der Waals surface area contributed by atoms with E-state index in [0.29, 0.717) is 16.3 Å². The third kappa shape index (κ3) is 2.37. The molecule has 2 fully saturated rings. The van der Waals surface area contributed by atoms with E-state index in [-0.39, 0.29) is 13.2 Å². The summed E-state index contributed by atoms with van der Waals surface area (Å²) in [6, 6.07) is 4.19. The largest absolute Gasteiger partial charge is 0.392 e. The van der Waals surface area contributed by atoms with Crippen molar-refractivity contribution in [1.29, 1.82) is 0 Å². The standard InChI is InChI=1S/C18H20ClN3O5/c1-8(23)14-12-13(16(25)22(15(12)24)5-6-27-2)18(21-14)10-7-9(19)3-4-11(10)20-17(18)26/h3-4,7-8,12-14,21,23H,5-6H2,1-2H3,(H,20,26)/t8-,12+,13+,14-,18+/m1/s1. The summed E-state index contributed by atoms with van der Waals surface area (Å²) in [6.07, 6.45) is -0.938. The number of hydrogen-bond acceptors (Lipinski definition) is 6. The summed E-state index contributed by atoms with van der Waals surface area (Å²) in [5.74, 6) is -3.07. The molecule has 0 aromatic heterocycles. The lowest BCUT2D eigenvalue weighted by molar-refractivity contribution is -0.143. The summed E-state index contributed by atoms with van der Waals surface area (Å²) in [4.78, 5) is 40.3. The second-order valence-corrected chi connectivity index (χ2v) is 7.62. The smallest absolute Gasteiger partial charge is 0.250 e. The van der Waals surface area contributed by atoms with Crippen LogP contribution in [0.1, 0.15) is 12.5 Å². The van der Waals surface area contributed by atoms with Crippen LogP contribution in [0, 0.1) is 11.8 Å². The number of fused-ring (bicyclic) bond motifs is 4. The van der Waals surface area contributed by atoms with Crippen LogP contribution in [0.2, 0.25) is 5.02 Å². The van der Waals surface area contributed by atoms with Gasteiger partial charge in [0.15, 0.2) is 0 Å². The van der Waals surface area contributed by atoms with Crippen molar-refractivity contribution in [2.24, 2.45) is 11.8 Å². The molecular weight excluding hydrogens is 374 g/mol. The van der Waals surface area contributed by atoms with Gasteiger partial charge in [-0.2, -0.15) is 0 Å². The number of nitrogens with one attached hydrogen (secondary N) is 2. The monoisotopic (exact) mass is 393 g/mol. The number of amides is 3. The van der Waals surface area contributed by atoms with E-state index in [4.69, 9.17) is 16.3 Å². The van der Waals surface area contributed by atoms with E-state index < -0.39 is 47.2 Å². The SMILES string of the molecule is COCCN1C(=O)[C@@H]2[C@@H]([C@@H](C)O)N[C@]3(C(=O)Nc4ccc(Cl)cc43)[C@@H]2C1=O. The maximum atomic E-state index is 13.2. The van der Waals surface area contributed by atoms with Gasteiger partial charge < -0.3 is 15.2 Å². The number of ether oxygens (including phenoxy) is 1. The number of methoxy groups -OCH3 is 1. The Morgan fingerprint density at radius 1 is 1.33 bits per heavy atom. The Hall–Kier alpha value is -2.00. The number of likely N-dealkylation sites (tertiary alicyclic amines) is 1. The zero-order valence-corrected chi connectivity index (χ0v) is 15.6. The third-order valence-electron chi connectivity index (χ3n) is 5.74. The molecule has 3 amide bonds. The zero-order chi connectivity index (χ0) is 19.5. The molecule has 1 spiro atoms. The summed E-state index contributed by atoms with van der Waals surface area (Å²) in [6.45, 7) is 1.84. The van der Waals surface area contributed by atoms with Crippen LogP contribution in [-0.2, 0) is 24.7 Å². The molecule has 144 valence electrons. The molecule has 5 atom stereocenters. The van der Waals surface area contributed by atoms with Crippen molar-refractivity contribution >= 4 is 35.0 Å². The van der Waals surface area contributed by atoms with Gasteiger partial charge in [-0.25, -0.2) is 0 Å². The van der Waals surface area contributed by atoms with E-state index in [9.17, 15) is 19.5 Å². The average Bonchev–Trinajstić information content (AvgIpc) is 3.20. The minimum absolute atomic E-state index is 0.105. The molecule has 0 radical (unpaired) electrons. The quantitative estimate of drug-likeness (QED) is 0.626. The minimum atomic E-state index is -1.44. The number of aliphatic hydroxyl groups excluding tert-OH is 1. The van der Waals surface area contributed by atoms with Crippen LogP contribution in [0.25, 0.3) is 0 Å². The van der Waals surface area contributed by atoms with Crippen LogP contribution in [-0.4, -0.2) is 60.1 Å². The molecule has 0 bridgehead atoms. The highest BCUT2D eigenvalue weighted by Crippen LogP contribution is 2.53. The first-order chi connectivity index (χ1) is 12.8. The molecule has 2 saturated heterocycles. The topological polar surface area (TPSA) is 108 Å². The van der Waals surface area contributed by atoms with Crippen molar-refractivity contribution in [1.82, 2.24) is 10.2 Å². The van der Waals surface area contributed by atoms with Crippen molar-refractivity contribution in [3.63, 3.8) is 0 Å². The molecule has 0 aliphatic carbocycles. The molecule has 3 aliphatic heterocycles. The van der Waals surface area contributed by atoms with E-state index in [2.05, 4.69) is 10.6 Å². The van der Waals surface area contributed by atoms with Crippen molar-refractivity contribution < 1.29 is 24.2 Å². The molecule has 9 heteroatoms. The lowest BCUT2D eigenvalue weighted by Crippen LogP contribution is -2.55. The first-order valence-corrected chi connectivity index (χ1v) is 9.12. The molecule has 4 rings (SSSR count). The summed E-state index contributed by atoms with van der Waals surface area (Å²) < 4.78 is 5.00. The minimum Gasteiger partial charge on any atom is -0.392 e. The van der Waals surface area contributed by atoms with Crippen LogP contribution >= 0.6 is 11.6 Å². The van der Waals surface area contributed by atoms with Gasteiger partial charge in [0.2, 0.25) is 17.7 Å². The number of carbonyl (C=O) groups is 3. The average molecular weight is 394 g/mol. The number of carbonyl (C=O) groups excluding carboxylic acids is 3. The van der Waals surface area contributed by atoms with Crippen molar-refractivity contribution in [2.75, 3.05) is 25.6 Å². The predicted octanol–water partition coefficient (Wildman–Crippen LogP) is 0.0876. The van der Waals surface area contributed by atoms with Crippen LogP contribution in [0.5, 0.6) is 0 Å². The number of anilines is 1. The summed E-state index contributed by atoms with van der Waals surface area (Å²) in [7, 11) is 1.48. The van der Waals surface area contributed by atoms with Gasteiger partial charge in [0, 0.05) is 29.4 Å². The van der Waals surface area contributed by atoms with Gasteiger partial charge in [0.25, 0.3) is 0 Å². The Labute approximate surface area is 160 Å². The zero-order valence-electron chi connectivity index (χ0n) is 14.9. The van der Waals surface area contributed by atoms with E-state index >= 15 is 0 Å². The third-order valence-corrected chi connectivity index (χ3v) is 5.98. The summed E-state index contributed by atoms with van der Waals surface area (Å²) >= 11 is 6.14. The molecule has 3 heterocycles. The first-order valence-electron chi connectivity index (χ1n) is 8.74. The number of rotatable bonds is 4. The van der Waals surface area contributed by atoms with Gasteiger partial charge in [-0.05, 0) is 25.1 Å². The van der Waals surface area contributed by atoms with Crippen molar-refractivity contribution in [3.05, 3.63) is 28.8 Å². The van der Waals surface area contributed by atoms with Gasteiger partial charge in [-0.1, -0.05) is 11.6 Å². The fourth-order valence-corrected chi connectivity index (χ4v) is 4.75. The second kappa shape index (κ2) is 6.27. The van der Waals surface area contributed by atoms with Gasteiger partial charge in [-0.15, -0.1) is 0 Å². The maximum absolute atomic E-state index is 13.2. The van der Waals surface area contributed by atoms with Crippen LogP contribution in [0.15, 0.2) is 18.2 Å². The van der Waals surface area contributed by atoms with Crippen molar-refractivity contribution in [2.45, 2.75) is 24.6 Å². The van der Waals surface area contributed by atoms with E-state index in [1.165, 1.54) is 14.0 Å². The first kappa shape index (κ1) is 18.4. The predicted molar refractivity (Wildman–Crippen MR) is 95.9 cm³/mol. The normalized spacial score (nSPS) is 32.8. The number of imide groups is 1. The fourth-order valence-electron chi connectivity index (χ4n) is 4.58. The van der Waals surface area contributed by atoms with Crippen LogP contribution in [0.3, 0.4) is 0 Å². The number of benzene rings is 1. The van der Waals surface area contributed by atoms with Gasteiger partial charge in [0.1, 0.15) is 5.54 Å². The second-order valence-electron chi connectivity index (χ2n) is 7.19. The highest BCUT2D eigenvalue weighted by molar-refractivity contribution is 6.31. The molecular formula is C18H20ClN3O5. The molecule has 3 N–H and O–H groups in total. The highest BCUT2D eigenvalue weighted by Gasteiger charge is 2.71. The van der Waals surface area contributed by atoms with Crippen molar-refractivity contribution in [3.8, 4) is 0 Å². The molecule has 1 aromatic carbocycles. The van der Waals surface area contributed by atoms with E-state index in [1.54, 1.807) is 18.2 Å². The lowest BCUT2D eigenvalue weighted by Gasteiger charge is -2.30. The number of nitrogens with zero attached hydrogens (tertiary/aromatic N) is 1. The molecule has 0 saturated carbocycles. The Morgan fingerprint density at radius 3 is 2.74 bits per heavy atom. The highest BCUT2D eigenvalue weighted by atomic mass is 35.5. The van der Waals surface area contributed by atoms with Crippen LogP contribution < -0.4 is 10.6 Å². The maximum Gasteiger partial charge on any atom is 0.250 e.